The van der Waals surface area contributed by atoms with Crippen molar-refractivity contribution < 1.29 is 4.79 Å². The van der Waals surface area contributed by atoms with Crippen molar-refractivity contribution in [3.63, 3.8) is 0 Å². The number of carbonyl (C=O) groups is 1. The molecule has 0 radical (unpaired) electrons. The number of piperidine rings is 1. The van der Waals surface area contributed by atoms with E-state index in [0.29, 0.717) is 11.3 Å². The van der Waals surface area contributed by atoms with Gasteiger partial charge in [0.05, 0.1) is 0 Å². The Morgan fingerprint density at radius 2 is 2.13 bits per heavy atom. The number of rotatable bonds is 2. The minimum Gasteiger partial charge on any atom is -0.338 e. The summed E-state index contributed by atoms with van der Waals surface area (Å²) in [7, 11) is 1.92. The summed E-state index contributed by atoms with van der Waals surface area (Å²) in [6.07, 6.45) is 2.02. The summed E-state index contributed by atoms with van der Waals surface area (Å²) < 4.78 is 2.53. The minimum absolute atomic E-state index is 0.106. The molecule has 6 heteroatoms. The molecule has 23 heavy (non-hydrogen) atoms. The molecule has 1 amide bonds. The van der Waals surface area contributed by atoms with E-state index < -0.39 is 0 Å². The van der Waals surface area contributed by atoms with E-state index in [1.165, 1.54) is 5.56 Å². The molecule has 1 N–H and O–H groups in total. The number of hydrogen-bond acceptors (Lipinski definition) is 3. The first kappa shape index (κ1) is 15.9. The summed E-state index contributed by atoms with van der Waals surface area (Å²) >= 11 is 5.19. The second-order valence-corrected chi connectivity index (χ2v) is 6.72. The Labute approximate surface area is 141 Å². The monoisotopic (exact) mass is 330 g/mol. The maximum absolute atomic E-state index is 12.8. The van der Waals surface area contributed by atoms with Gasteiger partial charge in [-0.3, -0.25) is 9.89 Å². The fourth-order valence-corrected chi connectivity index (χ4v) is 3.29. The SMILES string of the molecule is Cc1ccc(C(=O)N2CCC[C@H](c3n[nH]c(=S)n3C)C2)cc1C. The van der Waals surface area contributed by atoms with Crippen molar-refractivity contribution in [2.75, 3.05) is 13.1 Å². The zero-order valence-electron chi connectivity index (χ0n) is 13.8. The molecular formula is C17H22N4OS. The number of nitrogens with zero attached hydrogens (tertiary/aromatic N) is 3. The lowest BCUT2D eigenvalue weighted by molar-refractivity contribution is 0.0703. The first-order chi connectivity index (χ1) is 11.0. The number of aromatic nitrogens is 3. The Hall–Kier alpha value is -1.95. The maximum atomic E-state index is 12.8. The Morgan fingerprint density at radius 3 is 2.78 bits per heavy atom. The van der Waals surface area contributed by atoms with Crippen molar-refractivity contribution in [3.05, 3.63) is 45.5 Å². The third-order valence-electron chi connectivity index (χ3n) is 4.74. The van der Waals surface area contributed by atoms with Crippen LogP contribution in [0.3, 0.4) is 0 Å². The summed E-state index contributed by atoms with van der Waals surface area (Å²) in [5.41, 5.74) is 3.13. The van der Waals surface area contributed by atoms with Crippen LogP contribution in [0.2, 0.25) is 0 Å². The Morgan fingerprint density at radius 1 is 1.35 bits per heavy atom. The predicted octanol–water partition coefficient (Wildman–Crippen LogP) is 3.11. The lowest BCUT2D eigenvalue weighted by Crippen LogP contribution is -2.39. The number of carbonyl (C=O) groups excluding carboxylic acids is 1. The van der Waals surface area contributed by atoms with Crippen LogP contribution in [0.15, 0.2) is 18.2 Å². The molecule has 1 aromatic carbocycles. The number of H-pyrrole nitrogens is 1. The molecule has 5 nitrogen and oxygen atoms in total. The van der Waals surface area contributed by atoms with Gasteiger partial charge >= 0.3 is 0 Å². The molecular weight excluding hydrogens is 308 g/mol. The van der Waals surface area contributed by atoms with Crippen LogP contribution in [0.5, 0.6) is 0 Å². The molecule has 1 aliphatic rings. The third-order valence-corrected chi connectivity index (χ3v) is 5.11. The number of amides is 1. The largest absolute Gasteiger partial charge is 0.338 e. The van der Waals surface area contributed by atoms with Gasteiger partial charge in [-0.1, -0.05) is 6.07 Å². The quantitative estimate of drug-likeness (QED) is 0.861. The molecule has 0 spiro atoms. The summed E-state index contributed by atoms with van der Waals surface area (Å²) in [5, 5.41) is 7.18. The van der Waals surface area contributed by atoms with E-state index in [9.17, 15) is 4.79 Å². The smallest absolute Gasteiger partial charge is 0.253 e. The molecule has 1 saturated heterocycles. The van der Waals surface area contributed by atoms with Gasteiger partial charge in [0.25, 0.3) is 5.91 Å². The molecule has 0 bridgehead atoms. The molecule has 1 atom stereocenters. The first-order valence-electron chi connectivity index (χ1n) is 7.95. The number of hydrogen-bond donors (Lipinski definition) is 1. The lowest BCUT2D eigenvalue weighted by Gasteiger charge is -2.32. The van der Waals surface area contributed by atoms with Crippen LogP contribution in [-0.2, 0) is 7.05 Å². The highest BCUT2D eigenvalue weighted by Gasteiger charge is 2.28. The molecule has 122 valence electrons. The Bertz CT molecular complexity index is 792. The van der Waals surface area contributed by atoms with Crippen LogP contribution >= 0.6 is 12.2 Å². The highest BCUT2D eigenvalue weighted by atomic mass is 32.1. The zero-order valence-corrected chi connectivity index (χ0v) is 14.6. The van der Waals surface area contributed by atoms with Crippen molar-refractivity contribution >= 4 is 18.1 Å². The van der Waals surface area contributed by atoms with Crippen LogP contribution in [0.1, 0.15) is 46.1 Å². The summed E-state index contributed by atoms with van der Waals surface area (Å²) in [6.45, 7) is 5.60. The van der Waals surface area contributed by atoms with E-state index in [-0.39, 0.29) is 11.8 Å². The molecule has 1 aromatic heterocycles. The van der Waals surface area contributed by atoms with Crippen LogP contribution in [0.25, 0.3) is 0 Å². The van der Waals surface area contributed by atoms with Crippen LogP contribution in [0.4, 0.5) is 0 Å². The normalized spacial score (nSPS) is 18.2. The molecule has 0 saturated carbocycles. The minimum atomic E-state index is 0.106. The van der Waals surface area contributed by atoms with Gasteiger partial charge in [-0.15, -0.1) is 0 Å². The zero-order chi connectivity index (χ0) is 16.6. The average Bonchev–Trinajstić information content (AvgIpc) is 2.89. The number of benzene rings is 1. The molecule has 2 heterocycles. The molecule has 1 fully saturated rings. The average molecular weight is 330 g/mol. The highest BCUT2D eigenvalue weighted by Crippen LogP contribution is 2.26. The van der Waals surface area contributed by atoms with Crippen molar-refractivity contribution in [2.45, 2.75) is 32.6 Å². The van der Waals surface area contributed by atoms with E-state index in [1.54, 1.807) is 0 Å². The maximum Gasteiger partial charge on any atom is 0.253 e. The second-order valence-electron chi connectivity index (χ2n) is 6.34. The molecule has 3 rings (SSSR count). The van der Waals surface area contributed by atoms with Crippen molar-refractivity contribution in [2.24, 2.45) is 7.05 Å². The molecule has 0 unspecified atom stereocenters. The number of aromatic amines is 1. The van der Waals surface area contributed by atoms with E-state index in [2.05, 4.69) is 17.1 Å². The van der Waals surface area contributed by atoms with Gasteiger partial charge in [-0.05, 0) is 62.2 Å². The first-order valence-corrected chi connectivity index (χ1v) is 8.36. The fraction of sp³-hybridized carbons (Fsp3) is 0.471. The van der Waals surface area contributed by atoms with Crippen LogP contribution in [-0.4, -0.2) is 38.7 Å². The van der Waals surface area contributed by atoms with Crippen molar-refractivity contribution in [1.82, 2.24) is 19.7 Å². The van der Waals surface area contributed by atoms with Crippen LogP contribution < -0.4 is 0 Å². The van der Waals surface area contributed by atoms with Gasteiger partial charge in [-0.2, -0.15) is 5.10 Å². The Kier molecular flexibility index (Phi) is 4.35. The van der Waals surface area contributed by atoms with Gasteiger partial charge in [0.15, 0.2) is 4.77 Å². The van der Waals surface area contributed by atoms with Gasteiger partial charge in [-0.25, -0.2) is 0 Å². The molecule has 0 aliphatic carbocycles. The molecule has 2 aromatic rings. The third kappa shape index (κ3) is 3.08. The summed E-state index contributed by atoms with van der Waals surface area (Å²) in [4.78, 5) is 14.7. The number of likely N-dealkylation sites (tertiary alicyclic amines) is 1. The predicted molar refractivity (Wildman–Crippen MR) is 92.2 cm³/mol. The van der Waals surface area contributed by atoms with E-state index >= 15 is 0 Å². The van der Waals surface area contributed by atoms with Gasteiger partial charge in [0.1, 0.15) is 5.82 Å². The van der Waals surface area contributed by atoms with Gasteiger partial charge < -0.3 is 9.47 Å². The second kappa shape index (κ2) is 6.28. The van der Waals surface area contributed by atoms with Crippen LogP contribution in [0, 0.1) is 18.6 Å². The van der Waals surface area contributed by atoms with E-state index in [0.717, 1.165) is 36.3 Å². The van der Waals surface area contributed by atoms with Gasteiger partial charge in [0.2, 0.25) is 0 Å². The lowest BCUT2D eigenvalue weighted by atomic mass is 9.96. The highest BCUT2D eigenvalue weighted by molar-refractivity contribution is 7.71. The van der Waals surface area contributed by atoms with E-state index in [1.807, 2.05) is 41.6 Å². The standard InChI is InChI=1S/C17H22N4OS/c1-11-6-7-13(9-12(11)2)16(22)21-8-4-5-14(10-21)15-18-19-17(23)20(15)3/h6-7,9,14H,4-5,8,10H2,1-3H3,(H,19,23)/t14-/m0/s1. The van der Waals surface area contributed by atoms with E-state index in [4.69, 9.17) is 12.2 Å². The molecule has 1 aliphatic heterocycles. The van der Waals surface area contributed by atoms with Crippen molar-refractivity contribution in [3.8, 4) is 0 Å². The van der Waals surface area contributed by atoms with Crippen molar-refractivity contribution in [1.29, 1.82) is 0 Å². The Balaban J connectivity index is 1.80. The number of nitrogens with one attached hydrogen (secondary N) is 1. The summed E-state index contributed by atoms with van der Waals surface area (Å²) in [5.74, 6) is 1.28. The fourth-order valence-electron chi connectivity index (χ4n) is 3.15. The van der Waals surface area contributed by atoms with Gasteiger partial charge in [0, 0.05) is 31.6 Å². The summed E-state index contributed by atoms with van der Waals surface area (Å²) in [6, 6.07) is 5.92. The topological polar surface area (TPSA) is 53.9 Å². The number of aryl methyl sites for hydroxylation is 2.